The van der Waals surface area contributed by atoms with E-state index < -0.39 is 6.04 Å². The number of ether oxygens (including phenoxy) is 1. The summed E-state index contributed by atoms with van der Waals surface area (Å²) in [7, 11) is 1.51. The first-order chi connectivity index (χ1) is 7.01. The molecule has 0 aliphatic rings. The molecule has 0 aromatic carbocycles. The van der Waals surface area contributed by atoms with Gasteiger partial charge in [-0.3, -0.25) is 4.79 Å². The van der Waals surface area contributed by atoms with Crippen LogP contribution in [0.4, 0.5) is 0 Å². The summed E-state index contributed by atoms with van der Waals surface area (Å²) in [6.45, 7) is 9.08. The molecule has 0 spiro atoms. The number of hydrogen-bond acceptors (Lipinski definition) is 3. The topological polar surface area (TPSA) is 64.3 Å². The predicted octanol–water partition coefficient (Wildman–Crippen LogP) is 1.07. The van der Waals surface area contributed by atoms with Crippen LogP contribution < -0.4 is 11.1 Å². The van der Waals surface area contributed by atoms with Crippen LogP contribution in [0.25, 0.3) is 0 Å². The van der Waals surface area contributed by atoms with E-state index in [1.165, 1.54) is 7.11 Å². The Kier molecular flexibility index (Phi) is 6.13. The molecule has 0 radical (unpaired) electrons. The number of allylic oxidation sites excluding steroid dienone is 2. The van der Waals surface area contributed by atoms with E-state index in [0.717, 1.165) is 0 Å². The summed E-state index contributed by atoms with van der Waals surface area (Å²) in [6, 6.07) is -0.499. The van der Waals surface area contributed by atoms with E-state index in [0.29, 0.717) is 17.9 Å². The van der Waals surface area contributed by atoms with Crippen molar-refractivity contribution in [3.8, 4) is 0 Å². The second-order valence-corrected chi connectivity index (χ2v) is 3.03. The molecule has 1 atom stereocenters. The fourth-order valence-electron chi connectivity index (χ4n) is 0.740. The SMILES string of the molecule is C=C(/C=C\C(=C)OC)NC(=O)C(N)CC. The molecule has 0 aromatic heterocycles. The zero-order chi connectivity index (χ0) is 11.8. The van der Waals surface area contributed by atoms with E-state index in [4.69, 9.17) is 10.5 Å². The molecule has 84 valence electrons. The van der Waals surface area contributed by atoms with Crippen molar-refractivity contribution in [3.63, 3.8) is 0 Å². The van der Waals surface area contributed by atoms with E-state index in [2.05, 4.69) is 18.5 Å². The molecule has 0 heterocycles. The molecule has 0 aliphatic heterocycles. The van der Waals surface area contributed by atoms with Gasteiger partial charge >= 0.3 is 0 Å². The van der Waals surface area contributed by atoms with Gasteiger partial charge in [-0.2, -0.15) is 0 Å². The van der Waals surface area contributed by atoms with Gasteiger partial charge in [0.05, 0.1) is 13.2 Å². The number of carbonyl (C=O) groups excluding carboxylic acids is 1. The van der Waals surface area contributed by atoms with Gasteiger partial charge in [0.2, 0.25) is 5.91 Å². The number of nitrogens with two attached hydrogens (primary N) is 1. The highest BCUT2D eigenvalue weighted by Crippen LogP contribution is 1.97. The number of nitrogens with one attached hydrogen (secondary N) is 1. The van der Waals surface area contributed by atoms with Gasteiger partial charge in [0.1, 0.15) is 5.76 Å². The van der Waals surface area contributed by atoms with Gasteiger partial charge in [0, 0.05) is 5.70 Å². The van der Waals surface area contributed by atoms with Gasteiger partial charge < -0.3 is 15.8 Å². The molecule has 0 aromatic rings. The fourth-order valence-corrected chi connectivity index (χ4v) is 0.740. The van der Waals surface area contributed by atoms with Gasteiger partial charge in [-0.25, -0.2) is 0 Å². The molecule has 0 saturated heterocycles. The number of rotatable bonds is 6. The predicted molar refractivity (Wildman–Crippen MR) is 60.8 cm³/mol. The van der Waals surface area contributed by atoms with E-state index in [1.807, 2.05) is 6.92 Å². The first kappa shape index (κ1) is 13.4. The second kappa shape index (κ2) is 6.84. The lowest BCUT2D eigenvalue weighted by atomic mass is 10.2. The van der Waals surface area contributed by atoms with Crippen molar-refractivity contribution in [3.05, 3.63) is 36.8 Å². The summed E-state index contributed by atoms with van der Waals surface area (Å²) < 4.78 is 4.81. The quantitative estimate of drug-likeness (QED) is 0.509. The third-order valence-electron chi connectivity index (χ3n) is 1.79. The zero-order valence-electron chi connectivity index (χ0n) is 9.25. The molecule has 1 amide bonds. The van der Waals surface area contributed by atoms with Crippen LogP contribution in [0.2, 0.25) is 0 Å². The monoisotopic (exact) mass is 210 g/mol. The number of methoxy groups -OCH3 is 1. The molecule has 0 fully saturated rings. The van der Waals surface area contributed by atoms with Gasteiger partial charge in [-0.15, -0.1) is 0 Å². The Bertz CT molecular complexity index is 282. The van der Waals surface area contributed by atoms with Crippen LogP contribution in [0, 0.1) is 0 Å². The highest BCUT2D eigenvalue weighted by molar-refractivity contribution is 5.83. The van der Waals surface area contributed by atoms with Crippen LogP contribution in [0.3, 0.4) is 0 Å². The lowest BCUT2D eigenvalue weighted by molar-refractivity contribution is -0.121. The molecule has 0 aliphatic carbocycles. The minimum absolute atomic E-state index is 0.241. The van der Waals surface area contributed by atoms with Crippen LogP contribution in [-0.4, -0.2) is 19.1 Å². The standard InChI is InChI=1S/C11H18N2O2/c1-5-10(12)11(14)13-8(2)6-7-9(3)15-4/h6-7,10H,2-3,5,12H2,1,4H3,(H,13,14)/b7-6-. The van der Waals surface area contributed by atoms with Crippen molar-refractivity contribution < 1.29 is 9.53 Å². The maximum Gasteiger partial charge on any atom is 0.241 e. The summed E-state index contributed by atoms with van der Waals surface area (Å²) in [6.07, 6.45) is 3.81. The smallest absolute Gasteiger partial charge is 0.241 e. The molecular weight excluding hydrogens is 192 g/mol. The van der Waals surface area contributed by atoms with Crippen LogP contribution in [0.15, 0.2) is 36.8 Å². The maximum absolute atomic E-state index is 11.3. The molecule has 0 rings (SSSR count). The Labute approximate surface area is 90.5 Å². The van der Waals surface area contributed by atoms with Crippen LogP contribution in [-0.2, 0) is 9.53 Å². The molecule has 15 heavy (non-hydrogen) atoms. The summed E-state index contributed by atoms with van der Waals surface area (Å²) in [4.78, 5) is 11.3. The Hall–Kier alpha value is -1.55. The molecular formula is C11H18N2O2. The number of amides is 1. The third kappa shape index (κ3) is 5.70. The summed E-state index contributed by atoms with van der Waals surface area (Å²) in [5.74, 6) is 0.250. The summed E-state index contributed by atoms with van der Waals surface area (Å²) in [5.41, 5.74) is 5.99. The summed E-state index contributed by atoms with van der Waals surface area (Å²) in [5, 5.41) is 2.57. The Balaban J connectivity index is 4.10. The van der Waals surface area contributed by atoms with Crippen molar-refractivity contribution in [2.24, 2.45) is 5.73 Å². The minimum Gasteiger partial charge on any atom is -0.497 e. The molecule has 0 bridgehead atoms. The van der Waals surface area contributed by atoms with Crippen LogP contribution in [0.5, 0.6) is 0 Å². The van der Waals surface area contributed by atoms with Crippen molar-refractivity contribution in [1.29, 1.82) is 0 Å². The van der Waals surface area contributed by atoms with Crippen LogP contribution >= 0.6 is 0 Å². The van der Waals surface area contributed by atoms with E-state index in [-0.39, 0.29) is 5.91 Å². The molecule has 4 heteroatoms. The molecule has 1 unspecified atom stereocenters. The highest BCUT2D eigenvalue weighted by atomic mass is 16.5. The summed E-state index contributed by atoms with van der Waals surface area (Å²) >= 11 is 0. The largest absolute Gasteiger partial charge is 0.497 e. The number of hydrogen-bond donors (Lipinski definition) is 2. The highest BCUT2D eigenvalue weighted by Gasteiger charge is 2.09. The third-order valence-corrected chi connectivity index (χ3v) is 1.79. The van der Waals surface area contributed by atoms with E-state index in [1.54, 1.807) is 12.2 Å². The van der Waals surface area contributed by atoms with Crippen molar-refractivity contribution in [2.45, 2.75) is 19.4 Å². The minimum atomic E-state index is -0.499. The van der Waals surface area contributed by atoms with Crippen molar-refractivity contribution in [1.82, 2.24) is 5.32 Å². The van der Waals surface area contributed by atoms with Gasteiger partial charge in [0.25, 0.3) is 0 Å². The second-order valence-electron chi connectivity index (χ2n) is 3.03. The van der Waals surface area contributed by atoms with Crippen LogP contribution in [0.1, 0.15) is 13.3 Å². The average molecular weight is 210 g/mol. The lowest BCUT2D eigenvalue weighted by Gasteiger charge is -2.09. The van der Waals surface area contributed by atoms with E-state index in [9.17, 15) is 4.79 Å². The maximum atomic E-state index is 11.3. The average Bonchev–Trinajstić information content (AvgIpc) is 2.24. The zero-order valence-corrected chi connectivity index (χ0v) is 9.25. The first-order valence-electron chi connectivity index (χ1n) is 4.67. The molecule has 4 nitrogen and oxygen atoms in total. The first-order valence-corrected chi connectivity index (χ1v) is 4.67. The fraction of sp³-hybridized carbons (Fsp3) is 0.364. The lowest BCUT2D eigenvalue weighted by Crippen LogP contribution is -2.39. The van der Waals surface area contributed by atoms with E-state index >= 15 is 0 Å². The van der Waals surface area contributed by atoms with Crippen molar-refractivity contribution >= 4 is 5.91 Å². The Morgan fingerprint density at radius 2 is 2.13 bits per heavy atom. The number of carbonyl (C=O) groups is 1. The normalized spacial score (nSPS) is 12.2. The Morgan fingerprint density at radius 1 is 1.53 bits per heavy atom. The molecule has 3 N–H and O–H groups in total. The van der Waals surface area contributed by atoms with Gasteiger partial charge in [-0.1, -0.05) is 20.1 Å². The Morgan fingerprint density at radius 3 is 2.60 bits per heavy atom. The van der Waals surface area contributed by atoms with Crippen molar-refractivity contribution in [2.75, 3.05) is 7.11 Å². The molecule has 0 saturated carbocycles. The van der Waals surface area contributed by atoms with Gasteiger partial charge in [0.15, 0.2) is 0 Å². The van der Waals surface area contributed by atoms with Gasteiger partial charge in [-0.05, 0) is 18.6 Å².